The molecule has 1 aromatic carbocycles. The van der Waals surface area contributed by atoms with Crippen LogP contribution in [-0.4, -0.2) is 8.42 Å². The summed E-state index contributed by atoms with van der Waals surface area (Å²) >= 11 is 0.947. The Kier molecular flexibility index (Phi) is 3.13. The summed E-state index contributed by atoms with van der Waals surface area (Å²) in [6.45, 7) is 0. The molecule has 1 heterocycles. The molecule has 2 rings (SSSR count). The van der Waals surface area contributed by atoms with Gasteiger partial charge in [-0.15, -0.1) is 11.3 Å². The van der Waals surface area contributed by atoms with Gasteiger partial charge < -0.3 is 0 Å². The predicted molar refractivity (Wildman–Crippen MR) is 66.3 cm³/mol. The van der Waals surface area contributed by atoms with Gasteiger partial charge in [-0.05, 0) is 24.3 Å². The van der Waals surface area contributed by atoms with Gasteiger partial charge in [0.15, 0.2) is 0 Å². The molecule has 0 aliphatic heterocycles. The zero-order valence-electron chi connectivity index (χ0n) is 8.62. The van der Waals surface area contributed by atoms with Crippen LogP contribution in [0.2, 0.25) is 0 Å². The van der Waals surface area contributed by atoms with Crippen LogP contribution in [-0.2, 0) is 10.0 Å². The van der Waals surface area contributed by atoms with Crippen molar-refractivity contribution in [3.8, 4) is 6.07 Å². The molecule has 2 aromatic rings. The van der Waals surface area contributed by atoms with E-state index in [0.29, 0.717) is 10.6 Å². The Bertz CT molecular complexity index is 654. The van der Waals surface area contributed by atoms with E-state index in [2.05, 4.69) is 4.72 Å². The minimum Gasteiger partial charge on any atom is -0.279 e. The third-order valence-electron chi connectivity index (χ3n) is 1.98. The maximum absolute atomic E-state index is 11.9. The van der Waals surface area contributed by atoms with Crippen LogP contribution >= 0.6 is 11.3 Å². The Labute approximate surface area is 103 Å². The molecule has 0 saturated heterocycles. The number of thiophene rings is 1. The molecule has 0 aliphatic carbocycles. The predicted octanol–water partition coefficient (Wildman–Crippen LogP) is 2.42. The number of nitrogens with zero attached hydrogens (tertiary/aromatic N) is 1. The summed E-state index contributed by atoms with van der Waals surface area (Å²) in [5.74, 6) is 0. The van der Waals surface area contributed by atoms with Crippen LogP contribution in [0.1, 0.15) is 4.88 Å². The lowest BCUT2D eigenvalue weighted by atomic mass is 10.3. The molecule has 0 amide bonds. The molecule has 6 heteroatoms. The second-order valence-corrected chi connectivity index (χ2v) is 6.20. The number of hydrogen-bond donors (Lipinski definition) is 1. The minimum atomic E-state index is -3.59. The second kappa shape index (κ2) is 4.57. The Morgan fingerprint density at radius 3 is 2.41 bits per heavy atom. The Balaban J connectivity index is 2.29. The van der Waals surface area contributed by atoms with Crippen molar-refractivity contribution >= 4 is 27.0 Å². The summed E-state index contributed by atoms with van der Waals surface area (Å²) in [4.78, 5) is 0.374. The van der Waals surface area contributed by atoms with E-state index in [9.17, 15) is 8.42 Å². The first-order chi connectivity index (χ1) is 8.12. The van der Waals surface area contributed by atoms with Crippen molar-refractivity contribution < 1.29 is 8.42 Å². The SMILES string of the molecule is N#Cc1ccc(S(=O)(=O)Nc2ccccc2)s1. The Morgan fingerprint density at radius 1 is 1.12 bits per heavy atom. The van der Waals surface area contributed by atoms with Crippen molar-refractivity contribution in [2.75, 3.05) is 4.72 Å². The van der Waals surface area contributed by atoms with E-state index in [4.69, 9.17) is 5.26 Å². The Hall–Kier alpha value is -1.84. The molecular formula is C11H8N2O2S2. The topological polar surface area (TPSA) is 70.0 Å². The summed E-state index contributed by atoms with van der Waals surface area (Å²) in [5.41, 5.74) is 0.499. The van der Waals surface area contributed by atoms with Crippen LogP contribution < -0.4 is 4.72 Å². The van der Waals surface area contributed by atoms with E-state index in [1.54, 1.807) is 30.3 Å². The highest BCUT2D eigenvalue weighted by atomic mass is 32.2. The standard InChI is InChI=1S/C11H8N2O2S2/c12-8-10-6-7-11(16-10)17(14,15)13-9-4-2-1-3-5-9/h1-7,13H. The molecule has 1 aromatic heterocycles. The van der Waals surface area contributed by atoms with Crippen LogP contribution in [0.15, 0.2) is 46.7 Å². The van der Waals surface area contributed by atoms with Crippen molar-refractivity contribution in [1.82, 2.24) is 0 Å². The molecule has 4 nitrogen and oxygen atoms in total. The van der Waals surface area contributed by atoms with Gasteiger partial charge in [-0.3, -0.25) is 4.72 Å². The lowest BCUT2D eigenvalue weighted by Gasteiger charge is -2.04. The van der Waals surface area contributed by atoms with Crippen molar-refractivity contribution in [2.45, 2.75) is 4.21 Å². The smallest absolute Gasteiger partial charge is 0.271 e. The van der Waals surface area contributed by atoms with Crippen LogP contribution in [0.3, 0.4) is 0 Å². The zero-order valence-corrected chi connectivity index (χ0v) is 10.3. The molecule has 17 heavy (non-hydrogen) atoms. The number of nitriles is 1. The molecule has 0 fully saturated rings. The molecule has 0 spiro atoms. The highest BCUT2D eigenvalue weighted by Crippen LogP contribution is 2.23. The fraction of sp³-hybridized carbons (Fsp3) is 0. The average molecular weight is 264 g/mol. The van der Waals surface area contributed by atoms with Gasteiger partial charge in [0.1, 0.15) is 15.2 Å². The number of sulfonamides is 1. The van der Waals surface area contributed by atoms with Gasteiger partial charge in [-0.25, -0.2) is 8.42 Å². The van der Waals surface area contributed by atoms with Crippen molar-refractivity contribution in [2.24, 2.45) is 0 Å². The van der Waals surface area contributed by atoms with Gasteiger partial charge in [0.25, 0.3) is 10.0 Å². The summed E-state index contributed by atoms with van der Waals surface area (Å²) < 4.78 is 26.4. The van der Waals surface area contributed by atoms with E-state index in [-0.39, 0.29) is 4.21 Å². The van der Waals surface area contributed by atoms with Crippen molar-refractivity contribution in [1.29, 1.82) is 5.26 Å². The third-order valence-corrected chi connectivity index (χ3v) is 4.85. The van der Waals surface area contributed by atoms with E-state index in [1.807, 2.05) is 6.07 Å². The molecule has 1 N–H and O–H groups in total. The Morgan fingerprint density at radius 2 is 1.82 bits per heavy atom. The molecule has 0 bridgehead atoms. The van der Waals surface area contributed by atoms with Gasteiger partial charge >= 0.3 is 0 Å². The lowest BCUT2D eigenvalue weighted by molar-refractivity contribution is 0.603. The number of hydrogen-bond acceptors (Lipinski definition) is 4. The fourth-order valence-corrected chi connectivity index (χ4v) is 3.40. The van der Waals surface area contributed by atoms with Crippen LogP contribution in [0.5, 0.6) is 0 Å². The first kappa shape index (κ1) is 11.6. The van der Waals surface area contributed by atoms with Gasteiger partial charge in [0.2, 0.25) is 0 Å². The molecule has 0 atom stereocenters. The van der Waals surface area contributed by atoms with Gasteiger partial charge in [0.05, 0.1) is 0 Å². The normalized spacial score (nSPS) is 10.8. The quantitative estimate of drug-likeness (QED) is 0.925. The minimum absolute atomic E-state index is 0.137. The monoisotopic (exact) mass is 264 g/mol. The van der Waals surface area contributed by atoms with E-state index < -0.39 is 10.0 Å². The number of anilines is 1. The number of benzene rings is 1. The highest BCUT2D eigenvalue weighted by molar-refractivity contribution is 7.94. The summed E-state index contributed by atoms with van der Waals surface area (Å²) in [6.07, 6.45) is 0. The summed E-state index contributed by atoms with van der Waals surface area (Å²) in [5, 5.41) is 8.65. The number of para-hydroxylation sites is 1. The molecule has 0 saturated carbocycles. The molecule has 0 aliphatic rings. The molecular weight excluding hydrogens is 256 g/mol. The second-order valence-electron chi connectivity index (χ2n) is 3.20. The summed E-state index contributed by atoms with van der Waals surface area (Å²) in [7, 11) is -3.59. The van der Waals surface area contributed by atoms with Crippen LogP contribution in [0.4, 0.5) is 5.69 Å². The summed E-state index contributed by atoms with van der Waals surface area (Å²) in [6, 6.07) is 13.4. The van der Waals surface area contributed by atoms with Crippen molar-refractivity contribution in [3.05, 3.63) is 47.3 Å². The van der Waals surface area contributed by atoms with E-state index >= 15 is 0 Å². The number of rotatable bonds is 3. The third kappa shape index (κ3) is 2.64. The maximum Gasteiger partial charge on any atom is 0.271 e. The van der Waals surface area contributed by atoms with E-state index in [0.717, 1.165) is 11.3 Å². The van der Waals surface area contributed by atoms with Crippen LogP contribution in [0.25, 0.3) is 0 Å². The van der Waals surface area contributed by atoms with Crippen molar-refractivity contribution in [3.63, 3.8) is 0 Å². The maximum atomic E-state index is 11.9. The molecule has 86 valence electrons. The first-order valence-electron chi connectivity index (χ1n) is 4.69. The first-order valence-corrected chi connectivity index (χ1v) is 6.99. The van der Waals surface area contributed by atoms with Crippen LogP contribution in [0, 0.1) is 11.3 Å². The number of nitrogens with one attached hydrogen (secondary N) is 1. The highest BCUT2D eigenvalue weighted by Gasteiger charge is 2.16. The molecule has 0 unspecified atom stereocenters. The average Bonchev–Trinajstić information content (AvgIpc) is 2.79. The van der Waals surface area contributed by atoms with E-state index in [1.165, 1.54) is 12.1 Å². The van der Waals surface area contributed by atoms with Gasteiger partial charge in [-0.1, -0.05) is 18.2 Å². The largest absolute Gasteiger partial charge is 0.279 e. The lowest BCUT2D eigenvalue weighted by Crippen LogP contribution is -2.11. The zero-order chi connectivity index (χ0) is 12.3. The van der Waals surface area contributed by atoms with Gasteiger partial charge in [-0.2, -0.15) is 5.26 Å². The van der Waals surface area contributed by atoms with Gasteiger partial charge in [0, 0.05) is 5.69 Å². The molecule has 0 radical (unpaired) electrons. The fourth-order valence-electron chi connectivity index (χ4n) is 1.24.